The van der Waals surface area contributed by atoms with Crippen LogP contribution in [0.3, 0.4) is 0 Å². The molecule has 4 amide bonds. The van der Waals surface area contributed by atoms with Crippen LogP contribution >= 0.6 is 0 Å². The van der Waals surface area contributed by atoms with Crippen LogP contribution in [-0.4, -0.2) is 88.4 Å². The SMILES string of the molecule is CC[C@H]1C(=O)C(=O)[C@@]1(NC(=O)[C@@H]1C[C@H](Oc2nc(C3CC3)cc3cc(OC)ccc23)CN1C(=O)C(NC(=O)NC(C)(C)C)C(C)(C)C)NC1CC1. The van der Waals surface area contributed by atoms with E-state index in [1.54, 1.807) is 7.11 Å². The summed E-state index contributed by atoms with van der Waals surface area (Å²) < 4.78 is 12.1. The molecule has 13 nitrogen and oxygen atoms in total. The monoisotopic (exact) mass is 704 g/mol. The minimum absolute atomic E-state index is 0.0151. The van der Waals surface area contributed by atoms with Crippen LogP contribution in [0.5, 0.6) is 11.6 Å². The lowest BCUT2D eigenvalue weighted by molar-refractivity contribution is -0.161. The number of aromatic nitrogens is 1. The molecule has 4 aliphatic rings. The lowest BCUT2D eigenvalue weighted by atomic mass is 9.68. The van der Waals surface area contributed by atoms with Crippen LogP contribution in [0.4, 0.5) is 4.79 Å². The smallest absolute Gasteiger partial charge is 0.315 e. The van der Waals surface area contributed by atoms with Gasteiger partial charge in [-0.2, -0.15) is 0 Å². The summed E-state index contributed by atoms with van der Waals surface area (Å²) in [4.78, 5) is 74.4. The third-order valence-corrected chi connectivity index (χ3v) is 10.2. The van der Waals surface area contributed by atoms with Crippen molar-refractivity contribution in [3.8, 4) is 11.6 Å². The first-order chi connectivity index (χ1) is 23.9. The Morgan fingerprint density at radius 3 is 2.33 bits per heavy atom. The summed E-state index contributed by atoms with van der Waals surface area (Å²) in [5.74, 6) is -1.48. The average molecular weight is 705 g/mol. The topological polar surface area (TPSA) is 168 Å². The molecule has 5 atom stereocenters. The van der Waals surface area contributed by atoms with Gasteiger partial charge in [-0.1, -0.05) is 27.7 Å². The molecule has 0 radical (unpaired) electrons. The van der Waals surface area contributed by atoms with Crippen molar-refractivity contribution in [3.05, 3.63) is 30.0 Å². The van der Waals surface area contributed by atoms with Crippen molar-refractivity contribution in [3.63, 3.8) is 0 Å². The zero-order valence-electron chi connectivity index (χ0n) is 31.0. The minimum atomic E-state index is -1.53. The maximum Gasteiger partial charge on any atom is 0.315 e. The molecule has 0 spiro atoms. The van der Waals surface area contributed by atoms with E-state index in [2.05, 4.69) is 27.3 Å². The fraction of sp³-hybridized carbons (Fsp3) is 0.632. The average Bonchev–Trinajstić information content (AvgIpc) is 4.00. The second kappa shape index (κ2) is 13.4. The second-order valence-electron chi connectivity index (χ2n) is 16.7. The molecule has 3 saturated carbocycles. The van der Waals surface area contributed by atoms with Gasteiger partial charge in [-0.15, -0.1) is 0 Å². The van der Waals surface area contributed by atoms with Crippen LogP contribution in [0.1, 0.15) is 98.6 Å². The fourth-order valence-electron chi connectivity index (χ4n) is 7.18. The molecule has 1 unspecified atom stereocenters. The Bertz CT molecular complexity index is 1740. The molecule has 13 heteroatoms. The van der Waals surface area contributed by atoms with E-state index < -0.39 is 70.1 Å². The number of carbonyl (C=O) groups is 5. The second-order valence-corrected chi connectivity index (χ2v) is 16.7. The summed E-state index contributed by atoms with van der Waals surface area (Å²) in [6.07, 6.45) is 3.57. The number of ether oxygens (including phenoxy) is 2. The van der Waals surface area contributed by atoms with Crippen LogP contribution in [0, 0.1) is 11.3 Å². The van der Waals surface area contributed by atoms with E-state index in [0.717, 1.165) is 42.1 Å². The van der Waals surface area contributed by atoms with Gasteiger partial charge in [0.25, 0.3) is 0 Å². The van der Waals surface area contributed by atoms with Gasteiger partial charge in [0, 0.05) is 35.0 Å². The number of fused-ring (bicyclic) bond motifs is 1. The van der Waals surface area contributed by atoms with Crippen molar-refractivity contribution >= 4 is 40.2 Å². The fourth-order valence-corrected chi connectivity index (χ4v) is 7.18. The van der Waals surface area contributed by atoms with Gasteiger partial charge in [0.2, 0.25) is 29.3 Å². The Balaban J connectivity index is 1.33. The number of hydrogen-bond donors (Lipinski definition) is 4. The van der Waals surface area contributed by atoms with Crippen molar-refractivity contribution < 1.29 is 33.4 Å². The van der Waals surface area contributed by atoms with Gasteiger partial charge in [0.15, 0.2) is 5.66 Å². The molecule has 51 heavy (non-hydrogen) atoms. The third-order valence-electron chi connectivity index (χ3n) is 10.2. The zero-order chi connectivity index (χ0) is 37.0. The highest BCUT2D eigenvalue weighted by molar-refractivity contribution is 6.49. The van der Waals surface area contributed by atoms with Gasteiger partial charge in [0.1, 0.15) is 23.9 Å². The first kappa shape index (κ1) is 36.5. The van der Waals surface area contributed by atoms with E-state index in [1.165, 1.54) is 4.90 Å². The standard InChI is InChI=1S/C38H52N6O7/c1-9-26-29(45)31(46)38(26,41-22-12-13-22)42-32(47)28-18-24(19-44(28)34(48)30(36(2,3)4)40-35(49)43-37(5,6)7)51-33-25-15-14-23(50-8)16-21(25)17-27(39-33)20-10-11-20/h14-17,20,22,24,26,28,30,41H,9-13,18-19H2,1-8H3,(H,42,47)(H2,40,43,49)/t24-,26-,28-,30?,38+/m0/s1. The normalized spacial score (nSPS) is 25.6. The largest absolute Gasteiger partial charge is 0.497 e. The summed E-state index contributed by atoms with van der Waals surface area (Å²) in [6.45, 7) is 12.9. The van der Waals surface area contributed by atoms with Crippen LogP contribution in [0.15, 0.2) is 24.3 Å². The van der Waals surface area contributed by atoms with Crippen molar-refractivity contribution in [1.82, 2.24) is 31.2 Å². The number of ketones is 2. The van der Waals surface area contributed by atoms with Gasteiger partial charge in [-0.3, -0.25) is 24.5 Å². The van der Waals surface area contributed by atoms with E-state index in [4.69, 9.17) is 14.5 Å². The number of rotatable bonds is 11. The molecule has 1 aromatic heterocycles. The molecule has 4 N–H and O–H groups in total. The number of nitrogens with zero attached hydrogens (tertiary/aromatic N) is 2. The summed E-state index contributed by atoms with van der Waals surface area (Å²) in [6, 6.07) is 5.16. The van der Waals surface area contributed by atoms with Gasteiger partial charge in [-0.05, 0) is 87.9 Å². The van der Waals surface area contributed by atoms with Crippen molar-refractivity contribution in [2.24, 2.45) is 11.3 Å². The number of amides is 4. The molecule has 0 bridgehead atoms. The van der Waals surface area contributed by atoms with Crippen LogP contribution in [-0.2, 0) is 19.2 Å². The summed E-state index contributed by atoms with van der Waals surface area (Å²) >= 11 is 0. The molecule has 1 saturated heterocycles. The highest BCUT2D eigenvalue weighted by Gasteiger charge is 2.64. The molecule has 6 rings (SSSR count). The Labute approximate surface area is 299 Å². The highest BCUT2D eigenvalue weighted by atomic mass is 16.5. The van der Waals surface area contributed by atoms with Gasteiger partial charge < -0.3 is 30.3 Å². The maximum atomic E-state index is 14.6. The number of methoxy groups -OCH3 is 1. The lowest BCUT2D eigenvalue weighted by Gasteiger charge is -2.47. The third kappa shape index (κ3) is 7.54. The van der Waals surface area contributed by atoms with Gasteiger partial charge in [0.05, 0.1) is 19.6 Å². The summed E-state index contributed by atoms with van der Waals surface area (Å²) in [7, 11) is 1.61. The van der Waals surface area contributed by atoms with Gasteiger partial charge in [-0.25, -0.2) is 9.78 Å². The summed E-state index contributed by atoms with van der Waals surface area (Å²) in [5.41, 5.74) is -1.90. The Morgan fingerprint density at radius 2 is 1.75 bits per heavy atom. The first-order valence-corrected chi connectivity index (χ1v) is 18.2. The van der Waals surface area contributed by atoms with Crippen LogP contribution in [0.25, 0.3) is 10.8 Å². The number of benzene rings is 1. The molecule has 4 fully saturated rings. The number of Topliss-reactive ketones (excluding diaryl/α,β-unsaturated/α-hetero) is 2. The summed E-state index contributed by atoms with van der Waals surface area (Å²) in [5, 5.41) is 13.6. The predicted octanol–water partition coefficient (Wildman–Crippen LogP) is 3.72. The number of urea groups is 1. The Hall–Kier alpha value is -4.26. The van der Waals surface area contributed by atoms with E-state index in [9.17, 15) is 24.0 Å². The molecule has 3 aliphatic carbocycles. The van der Waals surface area contributed by atoms with Crippen LogP contribution < -0.4 is 30.7 Å². The van der Waals surface area contributed by atoms with E-state index in [0.29, 0.717) is 24.0 Å². The quantitative estimate of drug-likeness (QED) is 0.201. The minimum Gasteiger partial charge on any atom is -0.497 e. The van der Waals surface area contributed by atoms with Crippen molar-refractivity contribution in [2.75, 3.05) is 13.7 Å². The van der Waals surface area contributed by atoms with E-state index in [-0.39, 0.29) is 19.0 Å². The Kier molecular flexibility index (Phi) is 9.58. The predicted molar refractivity (Wildman–Crippen MR) is 190 cm³/mol. The molecule has 2 aromatic rings. The lowest BCUT2D eigenvalue weighted by Crippen LogP contribution is -2.80. The molecular weight excluding hydrogens is 652 g/mol. The Morgan fingerprint density at radius 1 is 1.04 bits per heavy atom. The van der Waals surface area contributed by atoms with Crippen molar-refractivity contribution in [2.45, 2.75) is 128 Å². The number of carbonyl (C=O) groups excluding carboxylic acids is 5. The molecule has 276 valence electrons. The molecule has 1 aromatic carbocycles. The highest BCUT2D eigenvalue weighted by Crippen LogP contribution is 2.42. The van der Waals surface area contributed by atoms with Crippen molar-refractivity contribution in [1.29, 1.82) is 0 Å². The first-order valence-electron chi connectivity index (χ1n) is 18.2. The van der Waals surface area contributed by atoms with Crippen LogP contribution in [0.2, 0.25) is 0 Å². The number of nitrogens with one attached hydrogen (secondary N) is 4. The molecule has 2 heterocycles. The number of pyridine rings is 1. The number of hydrogen-bond acceptors (Lipinski definition) is 9. The zero-order valence-corrected chi connectivity index (χ0v) is 31.0. The maximum absolute atomic E-state index is 14.6. The number of likely N-dealkylation sites (tertiary alicyclic amines) is 1. The molecule has 1 aliphatic heterocycles. The van der Waals surface area contributed by atoms with Gasteiger partial charge >= 0.3 is 6.03 Å². The van der Waals surface area contributed by atoms with E-state index >= 15 is 0 Å². The molecular formula is C38H52N6O7. The van der Waals surface area contributed by atoms with E-state index in [1.807, 2.05) is 66.7 Å².